The van der Waals surface area contributed by atoms with Crippen LogP contribution in [0.15, 0.2) is 5.34 Å². The SMILES string of the molecule is COC[N+]1(CC(C)C)CCCC1.O=N[O-]. The van der Waals surface area contributed by atoms with Gasteiger partial charge in [-0.25, -0.2) is 0 Å². The molecule has 1 rings (SSSR count). The molecule has 5 nitrogen and oxygen atoms in total. The van der Waals surface area contributed by atoms with Crippen LogP contribution in [0.4, 0.5) is 0 Å². The number of likely N-dealkylation sites (tertiary alicyclic amines) is 1. The highest BCUT2D eigenvalue weighted by Crippen LogP contribution is 2.21. The first-order valence-electron chi connectivity index (χ1n) is 5.39. The lowest BCUT2D eigenvalue weighted by molar-refractivity contribution is -0.937. The first kappa shape index (κ1) is 14.3. The van der Waals surface area contributed by atoms with Gasteiger partial charge in [-0.2, -0.15) is 0 Å². The molecule has 0 N–H and O–H groups in total. The van der Waals surface area contributed by atoms with Crippen molar-refractivity contribution in [2.24, 2.45) is 11.3 Å². The minimum absolute atomic E-state index is 0.790. The summed E-state index contributed by atoms with van der Waals surface area (Å²) in [6.07, 6.45) is 2.77. The molecule has 0 aliphatic carbocycles. The summed E-state index contributed by atoms with van der Waals surface area (Å²) in [5.41, 5.74) is 0. The van der Waals surface area contributed by atoms with Gasteiger partial charge in [0.05, 0.1) is 19.6 Å². The minimum Gasteiger partial charge on any atom is -0.444 e. The Bertz CT molecular complexity index is 168. The van der Waals surface area contributed by atoms with Crippen LogP contribution in [0, 0.1) is 16.0 Å². The van der Waals surface area contributed by atoms with E-state index in [-0.39, 0.29) is 0 Å². The van der Waals surface area contributed by atoms with Gasteiger partial charge in [0, 0.05) is 25.9 Å². The van der Waals surface area contributed by atoms with Crippen molar-refractivity contribution in [1.29, 1.82) is 0 Å². The number of hydrogen-bond donors (Lipinski definition) is 0. The van der Waals surface area contributed by atoms with E-state index in [2.05, 4.69) is 13.8 Å². The molecule has 0 aromatic carbocycles. The maximum atomic E-state index is 8.00. The standard InChI is InChI=1S/C10H22NO.HNO2/c1-10(2)8-11(9-12-3)6-4-5-7-11;2-1-3/h10H,4-9H2,1-3H3;(H,2,3)/q+1;/p-1. The summed E-state index contributed by atoms with van der Waals surface area (Å²) in [5, 5.41) is 9.00. The summed E-state index contributed by atoms with van der Waals surface area (Å²) in [7, 11) is 1.82. The second-order valence-electron chi connectivity index (χ2n) is 4.56. The van der Waals surface area contributed by atoms with Crippen LogP contribution in [-0.2, 0) is 4.74 Å². The van der Waals surface area contributed by atoms with Crippen LogP contribution in [0.25, 0.3) is 0 Å². The van der Waals surface area contributed by atoms with E-state index in [1.165, 1.54) is 37.0 Å². The van der Waals surface area contributed by atoms with E-state index < -0.39 is 0 Å². The molecule has 0 aromatic rings. The molecule has 0 unspecified atom stereocenters. The summed E-state index contributed by atoms with van der Waals surface area (Å²) in [6.45, 7) is 9.45. The van der Waals surface area contributed by atoms with Gasteiger partial charge in [-0.15, -0.1) is 5.34 Å². The van der Waals surface area contributed by atoms with Crippen molar-refractivity contribution in [1.82, 2.24) is 0 Å². The molecule has 0 bridgehead atoms. The molecule has 0 spiro atoms. The average Bonchev–Trinajstić information content (AvgIpc) is 2.54. The maximum Gasteiger partial charge on any atom is 0.182 e. The monoisotopic (exact) mass is 218 g/mol. The van der Waals surface area contributed by atoms with Crippen LogP contribution >= 0.6 is 0 Å². The van der Waals surface area contributed by atoms with Gasteiger partial charge in [0.15, 0.2) is 6.73 Å². The van der Waals surface area contributed by atoms with Crippen molar-refractivity contribution in [3.63, 3.8) is 0 Å². The Labute approximate surface area is 91.6 Å². The molecule has 0 radical (unpaired) electrons. The quantitative estimate of drug-likeness (QED) is 0.412. The third-order valence-corrected chi connectivity index (χ3v) is 2.67. The van der Waals surface area contributed by atoms with E-state index in [0.717, 1.165) is 18.0 Å². The third kappa shape index (κ3) is 5.69. The van der Waals surface area contributed by atoms with Crippen LogP contribution in [0.1, 0.15) is 26.7 Å². The smallest absolute Gasteiger partial charge is 0.182 e. The van der Waals surface area contributed by atoms with E-state index in [9.17, 15) is 0 Å². The zero-order valence-corrected chi connectivity index (χ0v) is 9.94. The van der Waals surface area contributed by atoms with Crippen LogP contribution in [0.3, 0.4) is 0 Å². The minimum atomic E-state index is 0.790. The highest BCUT2D eigenvalue weighted by molar-refractivity contribution is 4.54. The van der Waals surface area contributed by atoms with Crippen molar-refractivity contribution in [2.75, 3.05) is 33.5 Å². The van der Waals surface area contributed by atoms with Crippen LogP contribution < -0.4 is 0 Å². The zero-order chi connectivity index (χ0) is 11.7. The number of nitrogens with zero attached hydrogens (tertiary/aromatic N) is 2. The van der Waals surface area contributed by atoms with Gasteiger partial charge in [0.25, 0.3) is 0 Å². The Balaban J connectivity index is 0.000000583. The Morgan fingerprint density at radius 2 is 1.87 bits per heavy atom. The Morgan fingerprint density at radius 3 is 2.20 bits per heavy atom. The summed E-state index contributed by atoms with van der Waals surface area (Å²) in [4.78, 5) is 8.00. The lowest BCUT2D eigenvalue weighted by Crippen LogP contribution is -2.48. The molecular weight excluding hydrogens is 196 g/mol. The summed E-state index contributed by atoms with van der Waals surface area (Å²) in [6, 6.07) is 0. The fraction of sp³-hybridized carbons (Fsp3) is 1.00. The van der Waals surface area contributed by atoms with Gasteiger partial charge in [0.2, 0.25) is 0 Å². The molecule has 1 aliphatic rings. The van der Waals surface area contributed by atoms with Gasteiger partial charge in [-0.1, -0.05) is 13.8 Å². The van der Waals surface area contributed by atoms with Gasteiger partial charge < -0.3 is 19.3 Å². The van der Waals surface area contributed by atoms with Gasteiger partial charge in [0.1, 0.15) is 0 Å². The molecule has 90 valence electrons. The number of methoxy groups -OCH3 is 1. The highest BCUT2D eigenvalue weighted by Gasteiger charge is 2.32. The Morgan fingerprint density at radius 1 is 1.40 bits per heavy atom. The van der Waals surface area contributed by atoms with E-state index in [1.54, 1.807) is 0 Å². The van der Waals surface area contributed by atoms with Crippen LogP contribution in [0.5, 0.6) is 0 Å². The molecule has 0 atom stereocenters. The molecule has 0 aromatic heterocycles. The largest absolute Gasteiger partial charge is 0.444 e. The van der Waals surface area contributed by atoms with Crippen molar-refractivity contribution < 1.29 is 9.22 Å². The topological polar surface area (TPSA) is 61.7 Å². The lowest BCUT2D eigenvalue weighted by Gasteiger charge is -2.34. The fourth-order valence-corrected chi connectivity index (χ4v) is 2.42. The van der Waals surface area contributed by atoms with Crippen molar-refractivity contribution in [2.45, 2.75) is 26.7 Å². The number of ether oxygens (including phenoxy) is 1. The fourth-order valence-electron chi connectivity index (χ4n) is 2.42. The first-order chi connectivity index (χ1) is 7.10. The maximum absolute atomic E-state index is 8.00. The summed E-state index contributed by atoms with van der Waals surface area (Å²) < 4.78 is 6.50. The second kappa shape index (κ2) is 7.59. The molecule has 1 aliphatic heterocycles. The van der Waals surface area contributed by atoms with E-state index in [0.29, 0.717) is 0 Å². The Hall–Kier alpha value is -0.680. The third-order valence-electron chi connectivity index (χ3n) is 2.67. The first-order valence-corrected chi connectivity index (χ1v) is 5.39. The average molecular weight is 218 g/mol. The van der Waals surface area contributed by atoms with Gasteiger partial charge in [-0.05, 0) is 0 Å². The number of rotatable bonds is 4. The molecule has 5 heteroatoms. The van der Waals surface area contributed by atoms with Crippen molar-refractivity contribution >= 4 is 0 Å². The van der Waals surface area contributed by atoms with E-state index in [4.69, 9.17) is 14.9 Å². The number of hydrogen-bond acceptors (Lipinski definition) is 4. The predicted octanol–water partition coefficient (Wildman–Crippen LogP) is 2.11. The molecule has 0 amide bonds. The normalized spacial score (nSPS) is 18.4. The highest BCUT2D eigenvalue weighted by atomic mass is 16.6. The molecule has 1 fully saturated rings. The molecule has 1 heterocycles. The number of quaternary nitrogens is 1. The predicted molar refractivity (Wildman–Crippen MR) is 60.0 cm³/mol. The Kier molecular flexibility index (Phi) is 7.25. The van der Waals surface area contributed by atoms with Gasteiger partial charge >= 0.3 is 0 Å². The second-order valence-corrected chi connectivity index (χ2v) is 4.56. The van der Waals surface area contributed by atoms with E-state index >= 15 is 0 Å². The molecule has 0 saturated carbocycles. The van der Waals surface area contributed by atoms with Gasteiger partial charge in [-0.3, -0.25) is 0 Å². The summed E-state index contributed by atoms with van der Waals surface area (Å²) in [5.74, 6) is 0.790. The molecule has 1 saturated heterocycles. The zero-order valence-electron chi connectivity index (χ0n) is 9.94. The molecular formula is C10H22N2O3. The lowest BCUT2D eigenvalue weighted by atomic mass is 10.2. The van der Waals surface area contributed by atoms with Crippen LogP contribution in [-0.4, -0.2) is 38.0 Å². The van der Waals surface area contributed by atoms with E-state index in [1.807, 2.05) is 7.11 Å². The molecule has 15 heavy (non-hydrogen) atoms. The van der Waals surface area contributed by atoms with Crippen molar-refractivity contribution in [3.8, 4) is 0 Å². The van der Waals surface area contributed by atoms with Crippen molar-refractivity contribution in [3.05, 3.63) is 10.1 Å². The van der Waals surface area contributed by atoms with Crippen LogP contribution in [0.2, 0.25) is 0 Å². The summed E-state index contributed by atoms with van der Waals surface area (Å²) >= 11 is 0.